The number of rotatable bonds is 3. The quantitative estimate of drug-likeness (QED) is 0.566. The van der Waals surface area contributed by atoms with Gasteiger partial charge in [0.05, 0.1) is 0 Å². The van der Waals surface area contributed by atoms with E-state index in [1.54, 1.807) is 11.8 Å². The Morgan fingerprint density at radius 3 is 2.50 bits per heavy atom. The first-order chi connectivity index (χ1) is 5.52. The smallest absolute Gasteiger partial charge is 0.238 e. The molecule has 0 aliphatic carbocycles. The maximum absolute atomic E-state index is 11.3. The van der Waals surface area contributed by atoms with Crippen LogP contribution in [0.25, 0.3) is 0 Å². The van der Waals surface area contributed by atoms with Crippen LogP contribution >= 0.6 is 0 Å². The largest absolute Gasteiger partial charge is 0.379 e. The van der Waals surface area contributed by atoms with Crippen molar-refractivity contribution in [3.05, 3.63) is 0 Å². The van der Waals surface area contributed by atoms with Gasteiger partial charge in [0.15, 0.2) is 0 Å². The Hall–Kier alpha value is -0.610. The van der Waals surface area contributed by atoms with Gasteiger partial charge < -0.3 is 10.4 Å². The van der Waals surface area contributed by atoms with Crippen LogP contribution in [0.2, 0.25) is 0 Å². The maximum atomic E-state index is 11.3. The van der Waals surface area contributed by atoms with Crippen molar-refractivity contribution >= 4 is 5.91 Å². The molecule has 0 saturated carbocycles. The molecule has 3 atom stereocenters. The van der Waals surface area contributed by atoms with Crippen LogP contribution in [-0.4, -0.2) is 40.8 Å². The topological polar surface area (TPSA) is 52.3 Å². The lowest BCUT2D eigenvalue weighted by molar-refractivity contribution is -0.122. The van der Waals surface area contributed by atoms with Gasteiger partial charge >= 0.3 is 0 Å². The summed E-state index contributed by atoms with van der Waals surface area (Å²) in [6.45, 7) is 6.19. The molecule has 1 saturated heterocycles. The Kier molecular flexibility index (Phi) is 2.69. The second-order valence-corrected chi connectivity index (χ2v) is 3.51. The first kappa shape index (κ1) is 9.48. The van der Waals surface area contributed by atoms with Gasteiger partial charge in [0.2, 0.25) is 5.91 Å². The molecule has 3 unspecified atom stereocenters. The lowest BCUT2D eigenvalue weighted by atomic mass is 10.3. The number of amides is 1. The molecule has 4 nitrogen and oxygen atoms in total. The monoisotopic (exact) mass is 172 g/mol. The highest BCUT2D eigenvalue weighted by molar-refractivity contribution is 5.84. The predicted octanol–water partition coefficient (Wildman–Crippen LogP) is -0.467. The average molecular weight is 172 g/mol. The summed E-state index contributed by atoms with van der Waals surface area (Å²) in [5.74, 6) is 0.0194. The Bertz CT molecular complexity index is 180. The van der Waals surface area contributed by atoms with Gasteiger partial charge in [-0.1, -0.05) is 0 Å². The highest BCUT2D eigenvalue weighted by Gasteiger charge is 2.42. The summed E-state index contributed by atoms with van der Waals surface area (Å²) in [5, 5.41) is 11.9. The third kappa shape index (κ3) is 2.19. The molecule has 0 spiro atoms. The summed E-state index contributed by atoms with van der Waals surface area (Å²) in [7, 11) is 0. The molecule has 12 heavy (non-hydrogen) atoms. The molecule has 1 rings (SSSR count). The number of nitrogens with zero attached hydrogens (tertiary/aromatic N) is 1. The van der Waals surface area contributed by atoms with Crippen molar-refractivity contribution in [1.29, 1.82) is 0 Å². The van der Waals surface area contributed by atoms with Gasteiger partial charge in [-0.05, 0) is 20.8 Å². The SMILES string of the molecule is CC(C)NC(=O)C1CN1C(C)O. The standard InChI is InChI=1S/C8H16N2O2/c1-5(2)9-8(12)7-4-10(7)6(3)11/h5-7,11H,4H2,1-3H3,(H,9,12). The zero-order chi connectivity index (χ0) is 9.30. The minimum absolute atomic E-state index is 0.0194. The van der Waals surface area contributed by atoms with Crippen LogP contribution in [0.3, 0.4) is 0 Å². The molecule has 70 valence electrons. The van der Waals surface area contributed by atoms with Crippen molar-refractivity contribution < 1.29 is 9.90 Å². The number of hydrogen-bond acceptors (Lipinski definition) is 3. The molecule has 2 N–H and O–H groups in total. The average Bonchev–Trinajstić information content (AvgIpc) is 2.61. The van der Waals surface area contributed by atoms with Crippen molar-refractivity contribution in [1.82, 2.24) is 10.2 Å². The fraction of sp³-hybridized carbons (Fsp3) is 0.875. The molecule has 0 radical (unpaired) electrons. The zero-order valence-corrected chi connectivity index (χ0v) is 7.74. The van der Waals surface area contributed by atoms with E-state index in [4.69, 9.17) is 5.11 Å². The highest BCUT2D eigenvalue weighted by Crippen LogP contribution is 2.19. The Labute approximate surface area is 72.6 Å². The van der Waals surface area contributed by atoms with Gasteiger partial charge in [-0.25, -0.2) is 0 Å². The van der Waals surface area contributed by atoms with Gasteiger partial charge in [-0.2, -0.15) is 0 Å². The van der Waals surface area contributed by atoms with E-state index in [1.165, 1.54) is 0 Å². The summed E-state index contributed by atoms with van der Waals surface area (Å²) < 4.78 is 0. The first-order valence-electron chi connectivity index (χ1n) is 4.26. The minimum atomic E-state index is -0.507. The Morgan fingerprint density at radius 2 is 2.17 bits per heavy atom. The van der Waals surface area contributed by atoms with Crippen LogP contribution in [0.15, 0.2) is 0 Å². The fourth-order valence-corrected chi connectivity index (χ4v) is 1.18. The molecule has 4 heteroatoms. The van der Waals surface area contributed by atoms with Crippen LogP contribution in [0.4, 0.5) is 0 Å². The lowest BCUT2D eigenvalue weighted by Gasteiger charge is -2.09. The molecule has 1 aliphatic rings. The van der Waals surface area contributed by atoms with Crippen molar-refractivity contribution in [3.8, 4) is 0 Å². The number of nitrogens with one attached hydrogen (secondary N) is 1. The first-order valence-corrected chi connectivity index (χ1v) is 4.26. The van der Waals surface area contributed by atoms with E-state index in [1.807, 2.05) is 13.8 Å². The maximum Gasteiger partial charge on any atom is 0.238 e. The van der Waals surface area contributed by atoms with Gasteiger partial charge in [-0.3, -0.25) is 9.69 Å². The fourth-order valence-electron chi connectivity index (χ4n) is 1.18. The lowest BCUT2D eigenvalue weighted by Crippen LogP contribution is -2.36. The van der Waals surface area contributed by atoms with Crippen molar-refractivity contribution in [2.24, 2.45) is 0 Å². The summed E-state index contributed by atoms with van der Waals surface area (Å²) in [5.41, 5.74) is 0. The van der Waals surface area contributed by atoms with Crippen LogP contribution in [0, 0.1) is 0 Å². The Balaban J connectivity index is 2.29. The van der Waals surface area contributed by atoms with Crippen LogP contribution in [0.1, 0.15) is 20.8 Å². The number of carbonyl (C=O) groups is 1. The summed E-state index contributed by atoms with van der Waals surface area (Å²) in [6, 6.07) is 0.0707. The molecule has 1 aliphatic heterocycles. The predicted molar refractivity (Wildman–Crippen MR) is 45.5 cm³/mol. The zero-order valence-electron chi connectivity index (χ0n) is 7.74. The second kappa shape index (κ2) is 3.41. The van der Waals surface area contributed by atoms with Crippen molar-refractivity contribution in [2.45, 2.75) is 39.1 Å². The van der Waals surface area contributed by atoms with Crippen LogP contribution in [-0.2, 0) is 4.79 Å². The minimum Gasteiger partial charge on any atom is -0.379 e. The number of hydrogen-bond donors (Lipinski definition) is 2. The molecular weight excluding hydrogens is 156 g/mol. The van der Waals surface area contributed by atoms with E-state index in [0.29, 0.717) is 6.54 Å². The van der Waals surface area contributed by atoms with E-state index >= 15 is 0 Å². The molecule has 0 aromatic rings. The Morgan fingerprint density at radius 1 is 1.58 bits per heavy atom. The molecule has 1 heterocycles. The molecule has 1 amide bonds. The highest BCUT2D eigenvalue weighted by atomic mass is 16.3. The van der Waals surface area contributed by atoms with E-state index < -0.39 is 6.23 Å². The van der Waals surface area contributed by atoms with Crippen molar-refractivity contribution in [2.75, 3.05) is 6.54 Å². The third-order valence-electron chi connectivity index (χ3n) is 1.86. The van der Waals surface area contributed by atoms with Gasteiger partial charge in [0, 0.05) is 12.6 Å². The van der Waals surface area contributed by atoms with E-state index in [-0.39, 0.29) is 18.0 Å². The molecule has 0 bridgehead atoms. The van der Waals surface area contributed by atoms with Gasteiger partial charge in [0.1, 0.15) is 12.3 Å². The molecule has 0 aromatic heterocycles. The van der Waals surface area contributed by atoms with E-state index in [0.717, 1.165) is 0 Å². The molecule has 0 aromatic carbocycles. The summed E-state index contributed by atoms with van der Waals surface area (Å²) in [6.07, 6.45) is -0.507. The number of carbonyl (C=O) groups excluding carboxylic acids is 1. The number of aliphatic hydroxyl groups is 1. The van der Waals surface area contributed by atoms with Gasteiger partial charge in [0.25, 0.3) is 0 Å². The summed E-state index contributed by atoms with van der Waals surface area (Å²) in [4.78, 5) is 13.0. The van der Waals surface area contributed by atoms with Crippen LogP contribution in [0.5, 0.6) is 0 Å². The van der Waals surface area contributed by atoms with Crippen LogP contribution < -0.4 is 5.32 Å². The van der Waals surface area contributed by atoms with Crippen molar-refractivity contribution in [3.63, 3.8) is 0 Å². The third-order valence-corrected chi connectivity index (χ3v) is 1.86. The van der Waals surface area contributed by atoms with Gasteiger partial charge in [-0.15, -0.1) is 0 Å². The normalized spacial score (nSPS) is 30.1. The molecular formula is C8H16N2O2. The summed E-state index contributed by atoms with van der Waals surface area (Å²) >= 11 is 0. The second-order valence-electron chi connectivity index (χ2n) is 3.51. The van der Waals surface area contributed by atoms with E-state index in [2.05, 4.69) is 5.32 Å². The number of aliphatic hydroxyl groups excluding tert-OH is 1. The van der Waals surface area contributed by atoms with E-state index in [9.17, 15) is 4.79 Å². The molecule has 1 fully saturated rings.